The van der Waals surface area contributed by atoms with Gasteiger partial charge in [-0.2, -0.15) is 8.75 Å². The summed E-state index contributed by atoms with van der Waals surface area (Å²) >= 11 is 7.84. The van der Waals surface area contributed by atoms with Crippen molar-refractivity contribution in [3.8, 4) is 36.4 Å². The Morgan fingerprint density at radius 3 is 1.40 bits per heavy atom. The Morgan fingerprint density at radius 1 is 0.438 bits per heavy atom. The second-order valence-electron chi connectivity index (χ2n) is 20.2. The van der Waals surface area contributed by atoms with Gasteiger partial charge < -0.3 is 14.2 Å². The number of benzene rings is 2. The van der Waals surface area contributed by atoms with E-state index in [9.17, 15) is 9.59 Å². The number of nitrogens with zero attached hydrogens (tertiary/aromatic N) is 2. The van der Waals surface area contributed by atoms with Crippen LogP contribution in [0.25, 0.3) is 61.8 Å². The predicted molar refractivity (Wildman–Crippen MR) is 318 cm³/mol. The molecule has 0 saturated carbocycles. The third-order valence-corrected chi connectivity index (χ3v) is 19.2. The van der Waals surface area contributed by atoms with Crippen LogP contribution in [0.4, 0.5) is 0 Å². The summed E-state index contributed by atoms with van der Waals surface area (Å²) in [5.41, 5.74) is 6.00. The summed E-state index contributed by atoms with van der Waals surface area (Å²) in [6, 6.07) is 12.9. The average molecular weight is 1080 g/mol. The number of thiophene rings is 4. The van der Waals surface area contributed by atoms with Gasteiger partial charge in [0.15, 0.2) is 0 Å². The highest BCUT2D eigenvalue weighted by atomic mass is 32.1. The lowest BCUT2D eigenvalue weighted by atomic mass is 9.98. The maximum Gasteiger partial charge on any atom is 0.340 e. The van der Waals surface area contributed by atoms with Crippen molar-refractivity contribution in [1.29, 1.82) is 0 Å². The van der Waals surface area contributed by atoms with E-state index in [0.29, 0.717) is 30.9 Å². The fourth-order valence-corrected chi connectivity index (χ4v) is 15.1. The number of aryl methyl sites for hydroxylation is 2. The topological polar surface area (TPSA) is 87.6 Å². The Morgan fingerprint density at radius 2 is 0.877 bits per heavy atom. The molecule has 0 bridgehead atoms. The van der Waals surface area contributed by atoms with E-state index >= 15 is 0 Å². The van der Waals surface area contributed by atoms with Gasteiger partial charge in [0.05, 0.1) is 57.6 Å². The molecule has 0 fully saturated rings. The Labute approximate surface area is 457 Å². The maximum atomic E-state index is 14.4. The van der Waals surface area contributed by atoms with E-state index in [1.165, 1.54) is 132 Å². The number of fused-ring (bicyclic) bond motifs is 3. The fraction of sp³-hybridized carbons (Fsp3) is 0.574. The summed E-state index contributed by atoms with van der Waals surface area (Å²) in [5, 5.41) is 1.53. The predicted octanol–water partition coefficient (Wildman–Crippen LogP) is 21.1. The summed E-state index contributed by atoms with van der Waals surface area (Å²) in [7, 11) is 0. The number of esters is 2. The highest BCUT2D eigenvalue weighted by Gasteiger charge is 2.29. The van der Waals surface area contributed by atoms with Crippen molar-refractivity contribution >= 4 is 100 Å². The minimum absolute atomic E-state index is 0.321. The number of rotatable bonds is 35. The number of aromatic nitrogens is 2. The normalized spacial score (nSPS) is 11.8. The van der Waals surface area contributed by atoms with Crippen LogP contribution in [-0.4, -0.2) is 40.5 Å². The van der Waals surface area contributed by atoms with Crippen LogP contribution in [0.2, 0.25) is 0 Å². The number of ether oxygens (including phenoxy) is 3. The van der Waals surface area contributed by atoms with Crippen molar-refractivity contribution in [2.45, 2.75) is 208 Å². The molecule has 0 N–H and O–H groups in total. The van der Waals surface area contributed by atoms with Gasteiger partial charge in [0.1, 0.15) is 16.8 Å². The molecule has 2 aromatic carbocycles. The zero-order valence-electron chi connectivity index (χ0n) is 44.9. The van der Waals surface area contributed by atoms with Gasteiger partial charge >= 0.3 is 11.9 Å². The first-order valence-corrected chi connectivity index (χ1v) is 32.2. The van der Waals surface area contributed by atoms with Crippen molar-refractivity contribution in [3.05, 3.63) is 62.8 Å². The van der Waals surface area contributed by atoms with Crippen LogP contribution in [-0.2, 0) is 9.47 Å². The minimum atomic E-state index is -0.321. The van der Waals surface area contributed by atoms with E-state index in [0.717, 1.165) is 129 Å². The van der Waals surface area contributed by atoms with Crippen molar-refractivity contribution in [2.24, 2.45) is 0 Å². The van der Waals surface area contributed by atoms with Gasteiger partial charge in [0.2, 0.25) is 0 Å². The zero-order chi connectivity index (χ0) is 51.4. The van der Waals surface area contributed by atoms with Crippen LogP contribution in [0, 0.1) is 20.8 Å². The Hall–Kier alpha value is -3.68. The first-order valence-electron chi connectivity index (χ1n) is 28.2. The van der Waals surface area contributed by atoms with E-state index in [-0.39, 0.29) is 11.9 Å². The number of hydrogen-bond donors (Lipinski definition) is 0. The monoisotopic (exact) mass is 1080 g/mol. The molecule has 7 aromatic rings. The quantitative estimate of drug-likeness (QED) is 0.0289. The van der Waals surface area contributed by atoms with Gasteiger partial charge in [0, 0.05) is 51.2 Å². The van der Waals surface area contributed by atoms with Gasteiger partial charge in [-0.1, -0.05) is 168 Å². The van der Waals surface area contributed by atoms with Gasteiger partial charge in [-0.05, 0) is 76.4 Å². The molecular weight excluding hydrogens is 1000 g/mol. The molecule has 0 aliphatic carbocycles. The van der Waals surface area contributed by atoms with Gasteiger partial charge in [0.25, 0.3) is 0 Å². The standard InChI is InChI=1S/C61H82N2O5S5/c1-7-10-13-16-19-21-23-25-28-31-38-67-60(64)52-45-40-43(5)70-58(45)53(61(65)68-39-32-29-26-24-22-20-17-14-11-8-2)46-41-50(72-59(46)52)47-35-36-48(71-47)51-44(6)57(66-37-30-27-18-15-12-9-3)54(49-34-33-42(4)69-49)56-55(51)62-73-63-56/h33-36,40-41H,7-32,37-39H2,1-6H3. The number of carbonyl (C=O) groups excluding carboxylic acids is 2. The SMILES string of the molecule is CCCCCCCCCCCCOC(=O)c1c2cc(-c3ccc(-c4c(C)c(OCCCCCCCC)c(-c5ccc(C)s5)c5nsnc45)s3)sc2c(C(=O)OCCCCCCCCCCCC)c2cc(C)sc12. The van der Waals surface area contributed by atoms with Crippen LogP contribution >= 0.6 is 57.1 Å². The molecule has 396 valence electrons. The summed E-state index contributed by atoms with van der Waals surface area (Å²) in [4.78, 5) is 35.4. The summed E-state index contributed by atoms with van der Waals surface area (Å²) in [6.07, 6.45) is 31.5. The molecule has 7 nitrogen and oxygen atoms in total. The average Bonchev–Trinajstić information content (AvgIpc) is 4.26. The Bertz CT molecular complexity index is 2720. The van der Waals surface area contributed by atoms with Gasteiger partial charge in [-0.15, -0.1) is 45.3 Å². The van der Waals surface area contributed by atoms with E-state index < -0.39 is 0 Å². The Balaban J connectivity index is 1.17. The van der Waals surface area contributed by atoms with Crippen molar-refractivity contribution in [3.63, 3.8) is 0 Å². The molecule has 5 aromatic heterocycles. The molecule has 0 aliphatic rings. The largest absolute Gasteiger partial charge is 0.493 e. The van der Waals surface area contributed by atoms with E-state index in [4.69, 9.17) is 23.0 Å². The van der Waals surface area contributed by atoms with Crippen LogP contribution in [0.15, 0.2) is 36.4 Å². The molecule has 12 heteroatoms. The molecular formula is C61H82N2O5S5. The lowest BCUT2D eigenvalue weighted by molar-refractivity contribution is 0.0490. The summed E-state index contributed by atoms with van der Waals surface area (Å²) in [5.74, 6) is 0.246. The van der Waals surface area contributed by atoms with Crippen LogP contribution in [0.1, 0.15) is 224 Å². The van der Waals surface area contributed by atoms with Crippen LogP contribution in [0.5, 0.6) is 5.75 Å². The van der Waals surface area contributed by atoms with Crippen molar-refractivity contribution < 1.29 is 23.8 Å². The third kappa shape index (κ3) is 15.5. The van der Waals surface area contributed by atoms with Gasteiger partial charge in [-0.25, -0.2) is 9.59 Å². The Kier molecular flexibility index (Phi) is 23.6. The molecule has 0 spiro atoms. The maximum absolute atomic E-state index is 14.4. The summed E-state index contributed by atoms with van der Waals surface area (Å²) in [6.45, 7) is 14.6. The fourth-order valence-electron chi connectivity index (χ4n) is 10.1. The second-order valence-corrected chi connectivity index (χ2v) is 25.4. The second kappa shape index (κ2) is 30.2. The number of unbranched alkanes of at least 4 members (excludes halogenated alkanes) is 23. The molecule has 0 aliphatic heterocycles. The zero-order valence-corrected chi connectivity index (χ0v) is 49.0. The first-order chi connectivity index (χ1) is 35.7. The lowest BCUT2D eigenvalue weighted by Gasteiger charge is -2.17. The highest BCUT2D eigenvalue weighted by Crippen LogP contribution is 2.51. The van der Waals surface area contributed by atoms with Gasteiger partial charge in [-0.3, -0.25) is 0 Å². The molecule has 0 saturated heterocycles. The molecule has 0 atom stereocenters. The van der Waals surface area contributed by atoms with E-state index in [2.05, 4.69) is 71.0 Å². The van der Waals surface area contributed by atoms with Crippen molar-refractivity contribution in [1.82, 2.24) is 8.75 Å². The molecule has 0 amide bonds. The molecule has 5 heterocycles. The molecule has 0 radical (unpaired) electrons. The number of carbonyl (C=O) groups is 2. The minimum Gasteiger partial charge on any atom is -0.493 e. The van der Waals surface area contributed by atoms with E-state index in [1.54, 1.807) is 45.3 Å². The highest BCUT2D eigenvalue weighted by molar-refractivity contribution is 7.27. The first kappa shape index (κ1) is 57.0. The summed E-state index contributed by atoms with van der Waals surface area (Å²) < 4.78 is 30.6. The lowest BCUT2D eigenvalue weighted by Crippen LogP contribution is -2.11. The number of hydrogen-bond acceptors (Lipinski definition) is 12. The van der Waals surface area contributed by atoms with E-state index in [1.807, 2.05) is 6.92 Å². The molecule has 73 heavy (non-hydrogen) atoms. The molecule has 7 rings (SSSR count). The van der Waals surface area contributed by atoms with Crippen molar-refractivity contribution in [2.75, 3.05) is 19.8 Å². The third-order valence-electron chi connectivity index (χ3n) is 14.2. The van der Waals surface area contributed by atoms with Crippen LogP contribution in [0.3, 0.4) is 0 Å². The molecule has 0 unspecified atom stereocenters. The smallest absolute Gasteiger partial charge is 0.340 e. The van der Waals surface area contributed by atoms with Crippen LogP contribution < -0.4 is 4.74 Å².